The number of carbonyl (C=O) groups is 1. The molecule has 3 N–H and O–H groups in total. The first-order valence-corrected chi connectivity index (χ1v) is 11.3. The van der Waals surface area contributed by atoms with Crippen LogP contribution in [-0.2, 0) is 11.3 Å². The zero-order valence-corrected chi connectivity index (χ0v) is 21.2. The maximum absolute atomic E-state index is 11.9. The Morgan fingerprint density at radius 1 is 1.23 bits per heavy atom. The van der Waals surface area contributed by atoms with Gasteiger partial charge in [-0.25, -0.2) is 4.99 Å². The molecule has 1 amide bonds. The van der Waals surface area contributed by atoms with E-state index in [0.717, 1.165) is 50.9 Å². The van der Waals surface area contributed by atoms with Crippen LogP contribution < -0.4 is 16.0 Å². The summed E-state index contributed by atoms with van der Waals surface area (Å²) in [6.45, 7) is 7.53. The molecule has 1 aromatic heterocycles. The zero-order chi connectivity index (χ0) is 21.2. The standard InChI is InChI=1S/C22H31N5O2S.HI/c1-3-24-22(25-15-17-6-4-7-18(14-17)21(28)23-2)26-16-19(20-8-5-13-30-20)27-9-11-29-12-10-27;/h4-8,13-14,19H,3,9-12,15-16H2,1-2H3,(H,23,28)(H2,24,25,26);1H. The first kappa shape index (κ1) is 25.6. The Morgan fingerprint density at radius 2 is 2.03 bits per heavy atom. The normalized spacial score (nSPS) is 15.6. The van der Waals surface area contributed by atoms with Crippen LogP contribution in [0.2, 0.25) is 0 Å². The summed E-state index contributed by atoms with van der Waals surface area (Å²) in [5.74, 6) is 0.688. The maximum Gasteiger partial charge on any atom is 0.251 e. The topological polar surface area (TPSA) is 78.0 Å². The highest BCUT2D eigenvalue weighted by Crippen LogP contribution is 2.25. The second-order valence-electron chi connectivity index (χ2n) is 7.04. The smallest absolute Gasteiger partial charge is 0.251 e. The lowest BCUT2D eigenvalue weighted by Crippen LogP contribution is -2.46. The average Bonchev–Trinajstić information content (AvgIpc) is 3.32. The Labute approximate surface area is 205 Å². The molecule has 0 spiro atoms. The second kappa shape index (κ2) is 13.7. The van der Waals surface area contributed by atoms with Crippen molar-refractivity contribution in [2.24, 2.45) is 4.99 Å². The molecule has 1 fully saturated rings. The van der Waals surface area contributed by atoms with Crippen molar-refractivity contribution in [1.29, 1.82) is 0 Å². The fourth-order valence-electron chi connectivity index (χ4n) is 3.44. The number of morpholine rings is 1. The van der Waals surface area contributed by atoms with Gasteiger partial charge in [-0.15, -0.1) is 35.3 Å². The molecule has 0 bridgehead atoms. The van der Waals surface area contributed by atoms with E-state index in [1.807, 2.05) is 24.3 Å². The van der Waals surface area contributed by atoms with Gasteiger partial charge >= 0.3 is 0 Å². The Balaban J connectivity index is 0.00000341. The highest BCUT2D eigenvalue weighted by Gasteiger charge is 2.23. The monoisotopic (exact) mass is 557 g/mol. The summed E-state index contributed by atoms with van der Waals surface area (Å²) in [6, 6.07) is 12.2. The van der Waals surface area contributed by atoms with Gasteiger partial charge < -0.3 is 20.7 Å². The number of carbonyl (C=O) groups excluding carboxylic acids is 1. The van der Waals surface area contributed by atoms with Gasteiger partial charge in [0.2, 0.25) is 0 Å². The van der Waals surface area contributed by atoms with Crippen molar-refractivity contribution in [2.45, 2.75) is 19.5 Å². The summed E-state index contributed by atoms with van der Waals surface area (Å²) in [5.41, 5.74) is 1.64. The van der Waals surface area contributed by atoms with Crippen LogP contribution in [0.5, 0.6) is 0 Å². The lowest BCUT2D eigenvalue weighted by Gasteiger charge is -2.34. The molecule has 0 aliphatic carbocycles. The number of halogens is 1. The fraction of sp³-hybridized carbons (Fsp3) is 0.455. The van der Waals surface area contributed by atoms with Gasteiger partial charge in [0.25, 0.3) is 5.91 Å². The number of ether oxygens (including phenoxy) is 1. The van der Waals surface area contributed by atoms with Gasteiger partial charge in [0.15, 0.2) is 5.96 Å². The van der Waals surface area contributed by atoms with E-state index >= 15 is 0 Å². The van der Waals surface area contributed by atoms with E-state index in [2.05, 4.69) is 45.3 Å². The van der Waals surface area contributed by atoms with Gasteiger partial charge in [0.05, 0.1) is 25.8 Å². The number of nitrogens with zero attached hydrogens (tertiary/aromatic N) is 2. The summed E-state index contributed by atoms with van der Waals surface area (Å²) in [4.78, 5) is 20.4. The number of aliphatic imine (C=N–C) groups is 1. The van der Waals surface area contributed by atoms with E-state index in [9.17, 15) is 4.79 Å². The molecule has 1 aromatic carbocycles. The summed E-state index contributed by atoms with van der Waals surface area (Å²) >= 11 is 1.79. The number of guanidine groups is 1. The molecule has 1 unspecified atom stereocenters. The molecular weight excluding hydrogens is 525 g/mol. The predicted octanol–water partition coefficient (Wildman–Crippen LogP) is 2.85. The number of hydrogen-bond acceptors (Lipinski definition) is 5. The molecule has 9 heteroatoms. The van der Waals surface area contributed by atoms with E-state index in [4.69, 9.17) is 9.73 Å². The average molecular weight is 558 g/mol. The third-order valence-corrected chi connectivity index (χ3v) is 5.97. The van der Waals surface area contributed by atoms with Gasteiger partial charge in [-0.2, -0.15) is 0 Å². The lowest BCUT2D eigenvalue weighted by molar-refractivity contribution is 0.0177. The Kier molecular flexibility index (Phi) is 11.3. The molecule has 3 rings (SSSR count). The molecule has 1 saturated heterocycles. The van der Waals surface area contributed by atoms with Gasteiger partial charge in [0, 0.05) is 43.7 Å². The quantitative estimate of drug-likeness (QED) is 0.265. The number of amides is 1. The lowest BCUT2D eigenvalue weighted by atomic mass is 10.1. The van der Waals surface area contributed by atoms with Crippen LogP contribution in [-0.4, -0.2) is 63.2 Å². The number of benzene rings is 1. The van der Waals surface area contributed by atoms with Crippen molar-refractivity contribution in [1.82, 2.24) is 20.9 Å². The Hall–Kier alpha value is -1.69. The van der Waals surface area contributed by atoms with Crippen molar-refractivity contribution in [3.8, 4) is 0 Å². The van der Waals surface area contributed by atoms with Gasteiger partial charge in [0.1, 0.15) is 0 Å². The third-order valence-electron chi connectivity index (χ3n) is 5.00. The molecule has 7 nitrogen and oxygen atoms in total. The predicted molar refractivity (Wildman–Crippen MR) is 138 cm³/mol. The largest absolute Gasteiger partial charge is 0.379 e. The van der Waals surface area contributed by atoms with Crippen molar-refractivity contribution in [2.75, 3.05) is 46.4 Å². The highest BCUT2D eigenvalue weighted by molar-refractivity contribution is 14.0. The van der Waals surface area contributed by atoms with Crippen LogP contribution in [0.3, 0.4) is 0 Å². The first-order valence-electron chi connectivity index (χ1n) is 10.4. The van der Waals surface area contributed by atoms with Crippen molar-refractivity contribution >= 4 is 47.2 Å². The molecule has 170 valence electrons. The van der Waals surface area contributed by atoms with Gasteiger partial charge in [-0.1, -0.05) is 18.2 Å². The SMILES string of the molecule is CCNC(=NCc1cccc(C(=O)NC)c1)NCC(c1cccs1)N1CCOCC1.I. The fourth-order valence-corrected chi connectivity index (χ4v) is 4.30. The van der Waals surface area contributed by atoms with Crippen LogP contribution in [0, 0.1) is 0 Å². The Morgan fingerprint density at radius 3 is 2.71 bits per heavy atom. The number of nitrogens with one attached hydrogen (secondary N) is 3. The zero-order valence-electron chi connectivity index (χ0n) is 18.1. The first-order chi connectivity index (χ1) is 14.7. The highest BCUT2D eigenvalue weighted by atomic mass is 127. The summed E-state index contributed by atoms with van der Waals surface area (Å²) in [7, 11) is 1.64. The van der Waals surface area contributed by atoms with E-state index in [-0.39, 0.29) is 35.9 Å². The van der Waals surface area contributed by atoms with Crippen LogP contribution >= 0.6 is 35.3 Å². The summed E-state index contributed by atoms with van der Waals surface area (Å²) in [5, 5.41) is 11.6. The summed E-state index contributed by atoms with van der Waals surface area (Å²) in [6.07, 6.45) is 0. The molecule has 0 saturated carbocycles. The molecule has 1 aliphatic rings. The van der Waals surface area contributed by atoms with Crippen LogP contribution in [0.1, 0.15) is 33.8 Å². The number of rotatable bonds is 8. The molecule has 1 aliphatic heterocycles. The van der Waals surface area contributed by atoms with Crippen molar-refractivity contribution < 1.29 is 9.53 Å². The van der Waals surface area contributed by atoms with Crippen molar-refractivity contribution in [3.63, 3.8) is 0 Å². The molecule has 31 heavy (non-hydrogen) atoms. The number of thiophene rings is 1. The molecule has 0 radical (unpaired) electrons. The molecular formula is C22H32IN5O2S. The van der Waals surface area contributed by atoms with E-state index < -0.39 is 0 Å². The van der Waals surface area contributed by atoms with E-state index in [1.165, 1.54) is 4.88 Å². The summed E-state index contributed by atoms with van der Waals surface area (Å²) < 4.78 is 5.53. The van der Waals surface area contributed by atoms with E-state index in [0.29, 0.717) is 12.1 Å². The molecule has 2 heterocycles. The van der Waals surface area contributed by atoms with Crippen LogP contribution in [0.15, 0.2) is 46.8 Å². The van der Waals surface area contributed by atoms with Gasteiger partial charge in [-0.3, -0.25) is 9.69 Å². The molecule has 1 atom stereocenters. The second-order valence-corrected chi connectivity index (χ2v) is 8.01. The minimum atomic E-state index is -0.0878. The molecule has 2 aromatic rings. The number of hydrogen-bond donors (Lipinski definition) is 3. The maximum atomic E-state index is 11.9. The van der Waals surface area contributed by atoms with E-state index in [1.54, 1.807) is 18.4 Å². The van der Waals surface area contributed by atoms with Gasteiger partial charge in [-0.05, 0) is 36.1 Å². The van der Waals surface area contributed by atoms with Crippen LogP contribution in [0.4, 0.5) is 0 Å². The minimum Gasteiger partial charge on any atom is -0.379 e. The van der Waals surface area contributed by atoms with Crippen LogP contribution in [0.25, 0.3) is 0 Å². The minimum absolute atomic E-state index is 0. The Bertz CT molecular complexity index is 825. The third kappa shape index (κ3) is 7.74. The van der Waals surface area contributed by atoms with Crippen molar-refractivity contribution in [3.05, 3.63) is 57.8 Å².